The molecule has 2 aromatic rings. The minimum absolute atomic E-state index is 0.190. The Morgan fingerprint density at radius 1 is 1.19 bits per heavy atom. The topological polar surface area (TPSA) is 38.3 Å². The van der Waals surface area contributed by atoms with E-state index in [9.17, 15) is 4.79 Å². The van der Waals surface area contributed by atoms with Gasteiger partial charge in [-0.05, 0) is 35.2 Å². The molecule has 0 amide bonds. The van der Waals surface area contributed by atoms with Gasteiger partial charge in [0, 0.05) is 11.0 Å². The third-order valence-corrected chi connectivity index (χ3v) is 4.13. The van der Waals surface area contributed by atoms with Crippen LogP contribution in [0.3, 0.4) is 0 Å². The highest BCUT2D eigenvalue weighted by atomic mass is 79.9. The van der Waals surface area contributed by atoms with Crippen molar-refractivity contribution in [2.45, 2.75) is 25.6 Å². The molecule has 1 heterocycles. The summed E-state index contributed by atoms with van der Waals surface area (Å²) < 4.78 is 6.40. The summed E-state index contributed by atoms with van der Waals surface area (Å²) in [6.07, 6.45) is 0.688. The van der Waals surface area contributed by atoms with Gasteiger partial charge in [-0.25, -0.2) is 0 Å². The molecule has 0 spiro atoms. The Bertz CT molecular complexity index is 657. The number of esters is 1. The second-order valence-corrected chi connectivity index (χ2v) is 6.06. The van der Waals surface area contributed by atoms with Crippen LogP contribution in [0.25, 0.3) is 0 Å². The van der Waals surface area contributed by atoms with Crippen LogP contribution in [0.4, 0.5) is 0 Å². The Morgan fingerprint density at radius 3 is 2.81 bits per heavy atom. The number of ether oxygens (including phenoxy) is 1. The Hall–Kier alpha value is -1.65. The Labute approximate surface area is 132 Å². The molecule has 1 atom stereocenters. The monoisotopic (exact) mass is 345 g/mol. The van der Waals surface area contributed by atoms with Crippen molar-refractivity contribution in [1.29, 1.82) is 0 Å². The number of benzene rings is 2. The first-order valence-corrected chi connectivity index (χ1v) is 7.73. The van der Waals surface area contributed by atoms with Crippen molar-refractivity contribution in [3.05, 3.63) is 69.7 Å². The van der Waals surface area contributed by atoms with Gasteiger partial charge in [-0.1, -0.05) is 52.3 Å². The first-order chi connectivity index (χ1) is 10.2. The van der Waals surface area contributed by atoms with Crippen LogP contribution in [0.15, 0.2) is 53.0 Å². The maximum atomic E-state index is 12.2. The normalized spacial score (nSPS) is 17.1. The molecule has 1 unspecified atom stereocenters. The van der Waals surface area contributed by atoms with Gasteiger partial charge in [0.05, 0.1) is 0 Å². The number of carbonyl (C=O) groups excluding carboxylic acids is 1. The van der Waals surface area contributed by atoms with Crippen molar-refractivity contribution in [2.75, 3.05) is 0 Å². The van der Waals surface area contributed by atoms with Gasteiger partial charge in [-0.3, -0.25) is 4.79 Å². The summed E-state index contributed by atoms with van der Waals surface area (Å²) in [5, 5.41) is 3.24. The number of hydrogen-bond donors (Lipinski definition) is 1. The minimum Gasteiger partial charge on any atom is -0.460 e. The third kappa shape index (κ3) is 3.52. The minimum atomic E-state index is -0.257. The smallest absolute Gasteiger partial charge is 0.323 e. The first kappa shape index (κ1) is 14.3. The highest BCUT2D eigenvalue weighted by Crippen LogP contribution is 2.18. The van der Waals surface area contributed by atoms with Gasteiger partial charge in [-0.15, -0.1) is 0 Å². The Balaban J connectivity index is 1.59. The lowest BCUT2D eigenvalue weighted by atomic mass is 9.96. The van der Waals surface area contributed by atoms with Crippen LogP contribution in [0, 0.1) is 0 Å². The van der Waals surface area contributed by atoms with Gasteiger partial charge < -0.3 is 10.1 Å². The predicted octanol–water partition coefficient (Wildman–Crippen LogP) is 3.21. The van der Waals surface area contributed by atoms with Crippen molar-refractivity contribution in [3.8, 4) is 0 Å². The molecule has 0 radical (unpaired) electrons. The zero-order valence-corrected chi connectivity index (χ0v) is 13.1. The zero-order chi connectivity index (χ0) is 14.7. The fourth-order valence-electron chi connectivity index (χ4n) is 2.50. The van der Waals surface area contributed by atoms with E-state index in [1.54, 1.807) is 0 Å². The predicted molar refractivity (Wildman–Crippen MR) is 84.7 cm³/mol. The molecule has 3 nitrogen and oxygen atoms in total. The van der Waals surface area contributed by atoms with Crippen LogP contribution < -0.4 is 5.32 Å². The molecule has 108 valence electrons. The standard InChI is InChI=1S/C17H16BrNO2/c18-15-7-3-4-12(8-15)11-21-17(20)16-9-13-5-1-2-6-14(13)10-19-16/h1-8,16,19H,9-11H2. The summed E-state index contributed by atoms with van der Waals surface area (Å²) in [6.45, 7) is 1.02. The van der Waals surface area contributed by atoms with Gasteiger partial charge in [-0.2, -0.15) is 0 Å². The van der Waals surface area contributed by atoms with Gasteiger partial charge >= 0.3 is 5.97 Å². The SMILES string of the molecule is O=C(OCc1cccc(Br)c1)C1Cc2ccccc2CN1. The van der Waals surface area contributed by atoms with E-state index < -0.39 is 0 Å². The molecule has 0 fully saturated rings. The molecule has 1 aliphatic heterocycles. The van der Waals surface area contributed by atoms with Gasteiger partial charge in [0.15, 0.2) is 0 Å². The molecule has 0 bridgehead atoms. The molecule has 1 N–H and O–H groups in total. The number of rotatable bonds is 3. The van der Waals surface area contributed by atoms with Crippen molar-refractivity contribution >= 4 is 21.9 Å². The molecule has 0 aromatic heterocycles. The average Bonchev–Trinajstić information content (AvgIpc) is 2.52. The lowest BCUT2D eigenvalue weighted by Gasteiger charge is -2.24. The van der Waals surface area contributed by atoms with E-state index in [-0.39, 0.29) is 12.0 Å². The molecule has 2 aromatic carbocycles. The van der Waals surface area contributed by atoms with E-state index in [4.69, 9.17) is 4.74 Å². The molecule has 4 heteroatoms. The van der Waals surface area contributed by atoms with E-state index >= 15 is 0 Å². The molecular formula is C17H16BrNO2. The third-order valence-electron chi connectivity index (χ3n) is 3.64. The fourth-order valence-corrected chi connectivity index (χ4v) is 2.95. The van der Waals surface area contributed by atoms with E-state index in [1.165, 1.54) is 11.1 Å². The van der Waals surface area contributed by atoms with Crippen molar-refractivity contribution in [2.24, 2.45) is 0 Å². The quantitative estimate of drug-likeness (QED) is 0.868. The molecule has 0 saturated carbocycles. The summed E-state index contributed by atoms with van der Waals surface area (Å²) in [5.41, 5.74) is 3.46. The molecular weight excluding hydrogens is 330 g/mol. The lowest BCUT2D eigenvalue weighted by Crippen LogP contribution is -2.42. The molecule has 0 saturated heterocycles. The number of carbonyl (C=O) groups is 1. The van der Waals surface area contributed by atoms with Gasteiger partial charge in [0.25, 0.3) is 0 Å². The van der Waals surface area contributed by atoms with E-state index in [0.717, 1.165) is 10.0 Å². The molecule has 0 aliphatic carbocycles. The molecule has 1 aliphatic rings. The fraction of sp³-hybridized carbons (Fsp3) is 0.235. The van der Waals surface area contributed by atoms with Crippen LogP contribution in [-0.4, -0.2) is 12.0 Å². The second-order valence-electron chi connectivity index (χ2n) is 5.14. The van der Waals surface area contributed by atoms with Crippen LogP contribution >= 0.6 is 15.9 Å². The Kier molecular flexibility index (Phi) is 4.36. The van der Waals surface area contributed by atoms with Crippen molar-refractivity contribution in [1.82, 2.24) is 5.32 Å². The highest BCUT2D eigenvalue weighted by molar-refractivity contribution is 9.10. The summed E-state index contributed by atoms with van der Waals surface area (Å²) in [6, 6.07) is 15.7. The molecule has 21 heavy (non-hydrogen) atoms. The summed E-state index contributed by atoms with van der Waals surface area (Å²) in [5.74, 6) is -0.190. The largest absolute Gasteiger partial charge is 0.460 e. The number of fused-ring (bicyclic) bond motifs is 1. The summed E-state index contributed by atoms with van der Waals surface area (Å²) >= 11 is 3.41. The molecule has 3 rings (SSSR count). The van der Waals surface area contributed by atoms with Crippen LogP contribution in [0.1, 0.15) is 16.7 Å². The highest BCUT2D eigenvalue weighted by Gasteiger charge is 2.25. The maximum absolute atomic E-state index is 12.2. The lowest BCUT2D eigenvalue weighted by molar-refractivity contribution is -0.147. The summed E-state index contributed by atoms with van der Waals surface area (Å²) in [4.78, 5) is 12.2. The summed E-state index contributed by atoms with van der Waals surface area (Å²) in [7, 11) is 0. The van der Waals surface area contributed by atoms with Gasteiger partial charge in [0.2, 0.25) is 0 Å². The van der Waals surface area contributed by atoms with Crippen LogP contribution in [0.2, 0.25) is 0 Å². The number of nitrogens with one attached hydrogen (secondary N) is 1. The Morgan fingerprint density at radius 2 is 2.00 bits per heavy atom. The van der Waals surface area contributed by atoms with Crippen LogP contribution in [-0.2, 0) is 29.1 Å². The number of hydrogen-bond acceptors (Lipinski definition) is 3. The van der Waals surface area contributed by atoms with E-state index in [2.05, 4.69) is 33.4 Å². The second kappa shape index (κ2) is 6.41. The average molecular weight is 346 g/mol. The first-order valence-electron chi connectivity index (χ1n) is 6.93. The van der Waals surface area contributed by atoms with E-state index in [0.29, 0.717) is 19.6 Å². The maximum Gasteiger partial charge on any atom is 0.323 e. The van der Waals surface area contributed by atoms with E-state index in [1.807, 2.05) is 36.4 Å². The van der Waals surface area contributed by atoms with Crippen molar-refractivity contribution in [3.63, 3.8) is 0 Å². The van der Waals surface area contributed by atoms with Gasteiger partial charge in [0.1, 0.15) is 12.6 Å². The van der Waals surface area contributed by atoms with Crippen LogP contribution in [0.5, 0.6) is 0 Å². The van der Waals surface area contributed by atoms with Crippen molar-refractivity contribution < 1.29 is 9.53 Å². The number of halogens is 1. The zero-order valence-electron chi connectivity index (χ0n) is 11.5.